The molecule has 0 fully saturated rings. The van der Waals surface area contributed by atoms with Crippen LogP contribution in [0.1, 0.15) is 39.0 Å². The zero-order valence-electron chi connectivity index (χ0n) is 7.05. The molecule has 0 atom stereocenters. The second-order valence-corrected chi connectivity index (χ2v) is 2.70. The van der Waals surface area contributed by atoms with Crippen LogP contribution in [0.25, 0.3) is 0 Å². The molecule has 0 heterocycles. The van der Waals surface area contributed by atoms with Gasteiger partial charge >= 0.3 is 0 Å². The van der Waals surface area contributed by atoms with Gasteiger partial charge in [-0.05, 0) is 31.8 Å². The second kappa shape index (κ2) is 4.94. The predicted octanol–water partition coefficient (Wildman–Crippen LogP) is 2.86. The van der Waals surface area contributed by atoms with E-state index in [-0.39, 0.29) is 0 Å². The molecule has 0 bridgehead atoms. The molecule has 2 nitrogen and oxygen atoms in total. The first-order valence-electron chi connectivity index (χ1n) is 4.31. The summed E-state index contributed by atoms with van der Waals surface area (Å²) in [7, 11) is 0. The summed E-state index contributed by atoms with van der Waals surface area (Å²) in [4.78, 5) is 5.15. The van der Waals surface area contributed by atoms with Crippen LogP contribution in [0, 0.1) is 0 Å². The van der Waals surface area contributed by atoms with Crippen LogP contribution >= 0.6 is 0 Å². The van der Waals surface area contributed by atoms with Gasteiger partial charge in [-0.15, -0.1) is 0 Å². The molecule has 1 aliphatic rings. The summed E-state index contributed by atoms with van der Waals surface area (Å²) in [6.07, 6.45) is 9.61. The smallest absolute Gasteiger partial charge is 0.131 e. The largest absolute Gasteiger partial charge is 0.362 e. The van der Waals surface area contributed by atoms with Gasteiger partial charge in [0.2, 0.25) is 0 Å². The number of nitrogens with zero attached hydrogens (tertiary/aromatic N) is 1. The van der Waals surface area contributed by atoms with E-state index in [0.29, 0.717) is 0 Å². The lowest BCUT2D eigenvalue weighted by Crippen LogP contribution is -1.92. The van der Waals surface area contributed by atoms with Crippen molar-refractivity contribution in [3.63, 3.8) is 0 Å². The Hall–Kier alpha value is -0.790. The van der Waals surface area contributed by atoms with E-state index in [9.17, 15) is 0 Å². The summed E-state index contributed by atoms with van der Waals surface area (Å²) in [6.45, 7) is 2.04. The predicted molar refractivity (Wildman–Crippen MR) is 46.4 cm³/mol. The first kappa shape index (κ1) is 8.31. The average Bonchev–Trinajstić information content (AvgIpc) is 2.07. The third-order valence-corrected chi connectivity index (χ3v) is 1.68. The molecule has 0 aromatic rings. The van der Waals surface area contributed by atoms with Crippen molar-refractivity contribution in [3.05, 3.63) is 11.8 Å². The quantitative estimate of drug-likeness (QED) is 0.451. The van der Waals surface area contributed by atoms with E-state index < -0.39 is 0 Å². The summed E-state index contributed by atoms with van der Waals surface area (Å²) in [5.74, 6) is 1.04. The Kier molecular flexibility index (Phi) is 3.73. The van der Waals surface area contributed by atoms with Crippen molar-refractivity contribution in [1.29, 1.82) is 0 Å². The molecule has 0 amide bonds. The molecule has 0 N–H and O–H groups in total. The number of oxime groups is 1. The zero-order chi connectivity index (χ0) is 7.94. The molecule has 11 heavy (non-hydrogen) atoms. The topological polar surface area (TPSA) is 21.6 Å². The lowest BCUT2D eigenvalue weighted by molar-refractivity contribution is 0.210. The fraction of sp³-hybridized carbons (Fsp3) is 0.667. The molecular formula is C9H15NO. The van der Waals surface area contributed by atoms with Crippen molar-refractivity contribution in [3.8, 4) is 0 Å². The van der Waals surface area contributed by atoms with Crippen molar-refractivity contribution < 1.29 is 4.84 Å². The summed E-state index contributed by atoms with van der Waals surface area (Å²) in [5.41, 5.74) is 0. The Bertz CT molecular complexity index is 161. The zero-order valence-corrected chi connectivity index (χ0v) is 7.05. The highest BCUT2D eigenvalue weighted by molar-refractivity contribution is 5.55. The average molecular weight is 153 g/mol. The molecule has 0 radical (unpaired) electrons. The van der Waals surface area contributed by atoms with E-state index in [1.807, 2.05) is 6.92 Å². The lowest BCUT2D eigenvalue weighted by atomic mass is 10.1. The van der Waals surface area contributed by atoms with Gasteiger partial charge in [0, 0.05) is 12.6 Å². The molecule has 62 valence electrons. The normalized spacial score (nSPS) is 18.5. The minimum atomic E-state index is 0.938. The molecule has 0 aromatic heterocycles. The Labute approximate surface area is 67.9 Å². The molecule has 0 aliphatic heterocycles. The third-order valence-electron chi connectivity index (χ3n) is 1.68. The van der Waals surface area contributed by atoms with Crippen LogP contribution in [-0.2, 0) is 4.84 Å². The maximum atomic E-state index is 5.15. The Morgan fingerprint density at radius 2 is 2.55 bits per heavy atom. The summed E-state index contributed by atoms with van der Waals surface area (Å²) < 4.78 is 0. The standard InChI is InChI=1S/C9H15NO/c1-2-8-10-11-9-6-4-3-5-7-9/h6,8H,2-5,7H2,1H3. The highest BCUT2D eigenvalue weighted by atomic mass is 16.6. The number of rotatable bonds is 3. The first-order chi connectivity index (χ1) is 5.43. The van der Waals surface area contributed by atoms with Crippen LogP contribution in [0.2, 0.25) is 0 Å². The van der Waals surface area contributed by atoms with Crippen LogP contribution in [0.15, 0.2) is 17.0 Å². The van der Waals surface area contributed by atoms with E-state index in [0.717, 1.165) is 25.0 Å². The molecule has 0 aromatic carbocycles. The Morgan fingerprint density at radius 1 is 1.64 bits per heavy atom. The van der Waals surface area contributed by atoms with Gasteiger partial charge in [-0.2, -0.15) is 0 Å². The second-order valence-electron chi connectivity index (χ2n) is 2.70. The Balaban J connectivity index is 2.24. The van der Waals surface area contributed by atoms with E-state index in [1.165, 1.54) is 12.8 Å². The van der Waals surface area contributed by atoms with E-state index in [1.54, 1.807) is 6.21 Å². The van der Waals surface area contributed by atoms with E-state index >= 15 is 0 Å². The molecular weight excluding hydrogens is 138 g/mol. The van der Waals surface area contributed by atoms with Crippen LogP contribution in [0.4, 0.5) is 0 Å². The fourth-order valence-electron chi connectivity index (χ4n) is 1.07. The lowest BCUT2D eigenvalue weighted by Gasteiger charge is -2.08. The van der Waals surface area contributed by atoms with Gasteiger partial charge in [0.25, 0.3) is 0 Å². The minimum absolute atomic E-state index is 0.938. The van der Waals surface area contributed by atoms with Gasteiger partial charge in [0.05, 0.1) is 0 Å². The molecule has 0 unspecified atom stereocenters. The van der Waals surface area contributed by atoms with Crippen LogP contribution in [0.5, 0.6) is 0 Å². The molecule has 2 heteroatoms. The highest BCUT2D eigenvalue weighted by Crippen LogP contribution is 2.17. The Morgan fingerprint density at radius 3 is 3.18 bits per heavy atom. The van der Waals surface area contributed by atoms with Crippen LogP contribution in [0.3, 0.4) is 0 Å². The van der Waals surface area contributed by atoms with Gasteiger partial charge in [0.15, 0.2) is 0 Å². The van der Waals surface area contributed by atoms with Gasteiger partial charge in [-0.1, -0.05) is 12.1 Å². The monoisotopic (exact) mass is 153 g/mol. The summed E-state index contributed by atoms with van der Waals surface area (Å²) in [5, 5.41) is 3.82. The van der Waals surface area contributed by atoms with Crippen molar-refractivity contribution in [2.75, 3.05) is 0 Å². The van der Waals surface area contributed by atoms with E-state index in [4.69, 9.17) is 4.84 Å². The molecule has 0 saturated heterocycles. The SMILES string of the molecule is CCC=NOC1=CCCCC1. The van der Waals surface area contributed by atoms with Gasteiger partial charge < -0.3 is 4.84 Å². The third kappa shape index (κ3) is 3.21. The van der Waals surface area contributed by atoms with Gasteiger partial charge in [0.1, 0.15) is 5.76 Å². The van der Waals surface area contributed by atoms with Crippen molar-refractivity contribution >= 4 is 6.21 Å². The van der Waals surface area contributed by atoms with Crippen LogP contribution < -0.4 is 0 Å². The molecule has 0 saturated carbocycles. The number of hydrogen-bond acceptors (Lipinski definition) is 2. The highest BCUT2D eigenvalue weighted by Gasteiger charge is 2.02. The molecule has 0 spiro atoms. The fourth-order valence-corrected chi connectivity index (χ4v) is 1.07. The van der Waals surface area contributed by atoms with Gasteiger partial charge in [-0.25, -0.2) is 0 Å². The molecule has 1 rings (SSSR count). The van der Waals surface area contributed by atoms with Gasteiger partial charge in [-0.3, -0.25) is 0 Å². The first-order valence-corrected chi connectivity index (χ1v) is 4.31. The minimum Gasteiger partial charge on any atom is -0.362 e. The number of hydrogen-bond donors (Lipinski definition) is 0. The maximum Gasteiger partial charge on any atom is 0.131 e. The van der Waals surface area contributed by atoms with Crippen molar-refractivity contribution in [2.45, 2.75) is 39.0 Å². The molecule has 1 aliphatic carbocycles. The summed E-state index contributed by atoms with van der Waals surface area (Å²) >= 11 is 0. The maximum absolute atomic E-state index is 5.15. The number of allylic oxidation sites excluding steroid dienone is 2. The van der Waals surface area contributed by atoms with Crippen molar-refractivity contribution in [1.82, 2.24) is 0 Å². The van der Waals surface area contributed by atoms with Crippen LogP contribution in [-0.4, -0.2) is 6.21 Å². The van der Waals surface area contributed by atoms with Crippen molar-refractivity contribution in [2.24, 2.45) is 5.16 Å². The van der Waals surface area contributed by atoms with E-state index in [2.05, 4.69) is 11.2 Å². The summed E-state index contributed by atoms with van der Waals surface area (Å²) in [6, 6.07) is 0.